The Kier molecular flexibility index (Phi) is 3.02. The van der Waals surface area contributed by atoms with Gasteiger partial charge in [0.2, 0.25) is 5.89 Å². The van der Waals surface area contributed by atoms with Crippen molar-refractivity contribution < 1.29 is 4.52 Å². The maximum absolute atomic E-state index is 5.77. The highest BCUT2D eigenvalue weighted by molar-refractivity contribution is 4.90. The fraction of sp³-hybridized carbons (Fsp3) is 0.800. The summed E-state index contributed by atoms with van der Waals surface area (Å²) in [5, 5.41) is 3.77. The summed E-state index contributed by atoms with van der Waals surface area (Å²) < 4.78 is 5.09. The number of hydrogen-bond acceptors (Lipinski definition) is 5. The largest absolute Gasteiger partial charge is 0.338 e. The van der Waals surface area contributed by atoms with Crippen molar-refractivity contribution in [1.29, 1.82) is 0 Å². The van der Waals surface area contributed by atoms with Crippen LogP contribution in [0.4, 0.5) is 0 Å². The molecule has 1 aromatic rings. The smallest absolute Gasteiger partial charge is 0.240 e. The summed E-state index contributed by atoms with van der Waals surface area (Å²) in [6.07, 6.45) is 2.60. The third-order valence-electron chi connectivity index (χ3n) is 2.93. The monoisotopic (exact) mass is 210 g/mol. The molecule has 1 unspecified atom stereocenters. The summed E-state index contributed by atoms with van der Waals surface area (Å²) in [6, 6.07) is 0.456. The summed E-state index contributed by atoms with van der Waals surface area (Å²) in [5.74, 6) is 2.13. The summed E-state index contributed by atoms with van der Waals surface area (Å²) in [5.41, 5.74) is 5.77. The number of aryl methyl sites for hydroxylation is 1. The van der Waals surface area contributed by atoms with Gasteiger partial charge in [-0.1, -0.05) is 5.16 Å². The van der Waals surface area contributed by atoms with Gasteiger partial charge in [0.25, 0.3) is 0 Å². The highest BCUT2D eigenvalue weighted by atomic mass is 16.5. The van der Waals surface area contributed by atoms with Crippen LogP contribution in [-0.4, -0.2) is 34.7 Å². The molecule has 5 heteroatoms. The lowest BCUT2D eigenvalue weighted by Gasteiger charge is -2.25. The first kappa shape index (κ1) is 10.6. The van der Waals surface area contributed by atoms with Crippen LogP contribution < -0.4 is 5.73 Å². The van der Waals surface area contributed by atoms with Crippen LogP contribution in [0.3, 0.4) is 0 Å². The Hall–Kier alpha value is -0.940. The standard InChI is InChI=1S/C10H18N4O/c1-7-12-10(15-13-7)6-14(2)9(5-11)8-3-4-8/h8-9H,3-6,11H2,1-2H3. The third-order valence-corrected chi connectivity index (χ3v) is 2.93. The van der Waals surface area contributed by atoms with E-state index in [0.29, 0.717) is 30.8 Å². The maximum atomic E-state index is 5.77. The molecule has 0 aromatic carbocycles. The van der Waals surface area contributed by atoms with Gasteiger partial charge in [0.05, 0.1) is 6.54 Å². The molecule has 1 fully saturated rings. The lowest BCUT2D eigenvalue weighted by Crippen LogP contribution is -2.39. The molecule has 0 saturated heterocycles. The molecule has 2 N–H and O–H groups in total. The van der Waals surface area contributed by atoms with E-state index in [2.05, 4.69) is 22.1 Å². The Bertz CT molecular complexity index is 321. The number of nitrogens with zero attached hydrogens (tertiary/aromatic N) is 3. The number of likely N-dealkylation sites (N-methyl/N-ethyl adjacent to an activating group) is 1. The quantitative estimate of drug-likeness (QED) is 0.768. The SMILES string of the molecule is Cc1noc(CN(C)C(CN)C2CC2)n1. The topological polar surface area (TPSA) is 68.2 Å². The van der Waals surface area contributed by atoms with E-state index in [1.165, 1.54) is 12.8 Å². The second-order valence-corrected chi connectivity index (χ2v) is 4.29. The molecule has 0 amide bonds. The van der Waals surface area contributed by atoms with Gasteiger partial charge in [-0.15, -0.1) is 0 Å². The van der Waals surface area contributed by atoms with Crippen molar-refractivity contribution in [3.63, 3.8) is 0 Å². The van der Waals surface area contributed by atoms with E-state index in [4.69, 9.17) is 10.3 Å². The van der Waals surface area contributed by atoms with Gasteiger partial charge in [-0.05, 0) is 32.7 Å². The molecule has 1 aromatic heterocycles. The predicted molar refractivity (Wildman–Crippen MR) is 56.1 cm³/mol. The molecule has 0 spiro atoms. The highest BCUT2D eigenvalue weighted by Crippen LogP contribution is 2.34. The van der Waals surface area contributed by atoms with Crippen molar-refractivity contribution in [2.24, 2.45) is 11.7 Å². The van der Waals surface area contributed by atoms with E-state index in [-0.39, 0.29) is 0 Å². The molecule has 15 heavy (non-hydrogen) atoms. The van der Waals surface area contributed by atoms with Crippen LogP contribution in [0.15, 0.2) is 4.52 Å². The van der Waals surface area contributed by atoms with E-state index in [1.807, 2.05) is 6.92 Å². The van der Waals surface area contributed by atoms with Crippen molar-refractivity contribution in [2.75, 3.05) is 13.6 Å². The van der Waals surface area contributed by atoms with Gasteiger partial charge in [-0.2, -0.15) is 4.98 Å². The fourth-order valence-corrected chi connectivity index (χ4v) is 1.95. The molecular weight excluding hydrogens is 192 g/mol. The second-order valence-electron chi connectivity index (χ2n) is 4.29. The molecule has 1 aliphatic rings. The molecular formula is C10H18N4O. The van der Waals surface area contributed by atoms with Crippen molar-refractivity contribution in [3.8, 4) is 0 Å². The van der Waals surface area contributed by atoms with Gasteiger partial charge in [0.15, 0.2) is 5.82 Å². The van der Waals surface area contributed by atoms with Gasteiger partial charge < -0.3 is 10.3 Å². The zero-order valence-electron chi connectivity index (χ0n) is 9.31. The predicted octanol–water partition coefficient (Wildman–Crippen LogP) is 0.547. The van der Waals surface area contributed by atoms with Gasteiger partial charge in [0, 0.05) is 12.6 Å². The van der Waals surface area contributed by atoms with E-state index in [9.17, 15) is 0 Å². The number of rotatable bonds is 5. The zero-order valence-corrected chi connectivity index (χ0v) is 9.31. The Labute approximate surface area is 89.6 Å². The van der Waals surface area contributed by atoms with Crippen LogP contribution in [0.1, 0.15) is 24.6 Å². The van der Waals surface area contributed by atoms with Crippen molar-refractivity contribution in [2.45, 2.75) is 32.4 Å². The van der Waals surface area contributed by atoms with Crippen molar-refractivity contribution in [3.05, 3.63) is 11.7 Å². The van der Waals surface area contributed by atoms with Crippen LogP contribution in [0, 0.1) is 12.8 Å². The van der Waals surface area contributed by atoms with Crippen molar-refractivity contribution in [1.82, 2.24) is 15.0 Å². The van der Waals surface area contributed by atoms with Gasteiger partial charge >= 0.3 is 0 Å². The molecule has 0 bridgehead atoms. The fourth-order valence-electron chi connectivity index (χ4n) is 1.95. The molecule has 0 aliphatic heterocycles. The molecule has 1 heterocycles. The van der Waals surface area contributed by atoms with E-state index in [1.54, 1.807) is 0 Å². The summed E-state index contributed by atoms with van der Waals surface area (Å²) >= 11 is 0. The van der Waals surface area contributed by atoms with E-state index < -0.39 is 0 Å². The molecule has 84 valence electrons. The molecule has 1 atom stereocenters. The van der Waals surface area contributed by atoms with Crippen molar-refractivity contribution >= 4 is 0 Å². The lowest BCUT2D eigenvalue weighted by atomic mass is 10.1. The number of nitrogens with two attached hydrogens (primary N) is 1. The lowest BCUT2D eigenvalue weighted by molar-refractivity contribution is 0.189. The first-order valence-corrected chi connectivity index (χ1v) is 5.40. The molecule has 5 nitrogen and oxygen atoms in total. The average molecular weight is 210 g/mol. The maximum Gasteiger partial charge on any atom is 0.240 e. The second kappa shape index (κ2) is 4.28. The first-order valence-electron chi connectivity index (χ1n) is 5.40. The highest BCUT2D eigenvalue weighted by Gasteiger charge is 2.33. The van der Waals surface area contributed by atoms with Gasteiger partial charge in [0.1, 0.15) is 0 Å². The third kappa shape index (κ3) is 2.54. The average Bonchev–Trinajstić information content (AvgIpc) is 2.93. The minimum Gasteiger partial charge on any atom is -0.338 e. The normalized spacial score (nSPS) is 18.4. The van der Waals surface area contributed by atoms with E-state index >= 15 is 0 Å². The van der Waals surface area contributed by atoms with Crippen LogP contribution in [-0.2, 0) is 6.54 Å². The molecule has 2 rings (SSSR count). The van der Waals surface area contributed by atoms with Gasteiger partial charge in [-0.3, -0.25) is 4.90 Å². The zero-order chi connectivity index (χ0) is 10.8. The summed E-state index contributed by atoms with van der Waals surface area (Å²) in [4.78, 5) is 6.40. The minimum atomic E-state index is 0.456. The Balaban J connectivity index is 1.92. The van der Waals surface area contributed by atoms with Crippen LogP contribution >= 0.6 is 0 Å². The summed E-state index contributed by atoms with van der Waals surface area (Å²) in [7, 11) is 2.06. The first-order chi connectivity index (χ1) is 7.20. The van der Waals surface area contributed by atoms with E-state index in [0.717, 1.165) is 5.92 Å². The van der Waals surface area contributed by atoms with Gasteiger partial charge in [-0.25, -0.2) is 0 Å². The number of hydrogen-bond donors (Lipinski definition) is 1. The molecule has 1 aliphatic carbocycles. The molecule has 1 saturated carbocycles. The minimum absolute atomic E-state index is 0.456. The molecule has 0 radical (unpaired) electrons. The Morgan fingerprint density at radius 3 is 2.80 bits per heavy atom. The Morgan fingerprint density at radius 1 is 1.60 bits per heavy atom. The Morgan fingerprint density at radius 2 is 2.33 bits per heavy atom. The summed E-state index contributed by atoms with van der Waals surface area (Å²) in [6.45, 7) is 3.22. The van der Waals surface area contributed by atoms with Crippen LogP contribution in [0.5, 0.6) is 0 Å². The number of aromatic nitrogens is 2. The van der Waals surface area contributed by atoms with Crippen LogP contribution in [0.25, 0.3) is 0 Å². The van der Waals surface area contributed by atoms with Crippen LogP contribution in [0.2, 0.25) is 0 Å².